The maximum atomic E-state index is 12.3. The van der Waals surface area contributed by atoms with Gasteiger partial charge in [-0.1, -0.05) is 19.9 Å². The second-order valence-corrected chi connectivity index (χ2v) is 6.35. The number of methoxy groups -OCH3 is 1. The molecule has 0 unspecified atom stereocenters. The van der Waals surface area contributed by atoms with Crippen LogP contribution in [0.5, 0.6) is 5.88 Å². The highest BCUT2D eigenvalue weighted by Crippen LogP contribution is 2.16. The van der Waals surface area contributed by atoms with Gasteiger partial charge >= 0.3 is 0 Å². The fraction of sp³-hybridized carbons (Fsp3) is 0.500. The second kappa shape index (κ2) is 7.95. The van der Waals surface area contributed by atoms with Crippen molar-refractivity contribution < 1.29 is 9.53 Å². The Balaban J connectivity index is 2.01. The quantitative estimate of drug-likeness (QED) is 0.846. The van der Waals surface area contributed by atoms with E-state index in [9.17, 15) is 4.79 Å². The lowest BCUT2D eigenvalue weighted by atomic mass is 10.1. The van der Waals surface area contributed by atoms with Gasteiger partial charge in [0.2, 0.25) is 11.8 Å². The molecular formula is C18H26N4O2. The molecule has 0 spiro atoms. The van der Waals surface area contributed by atoms with E-state index in [1.165, 1.54) is 0 Å². The number of aryl methyl sites for hydroxylation is 1. The maximum absolute atomic E-state index is 12.3. The summed E-state index contributed by atoms with van der Waals surface area (Å²) in [6.45, 7) is 9.55. The topological polar surface area (TPSA) is 69.0 Å². The summed E-state index contributed by atoms with van der Waals surface area (Å²) in [5.74, 6) is 1.02. The minimum absolute atomic E-state index is 0.0313. The zero-order valence-electron chi connectivity index (χ0n) is 15.1. The van der Waals surface area contributed by atoms with Crippen LogP contribution < -0.4 is 10.1 Å². The Hall–Kier alpha value is -2.37. The fourth-order valence-corrected chi connectivity index (χ4v) is 2.67. The normalized spacial score (nSPS) is 10.9. The number of ether oxygens (including phenoxy) is 1. The highest BCUT2D eigenvalue weighted by Gasteiger charge is 2.16. The van der Waals surface area contributed by atoms with E-state index in [0.29, 0.717) is 24.8 Å². The maximum Gasteiger partial charge on any atom is 0.224 e. The Bertz CT molecular complexity index is 707. The Morgan fingerprint density at radius 1 is 1.38 bits per heavy atom. The van der Waals surface area contributed by atoms with E-state index >= 15 is 0 Å². The third kappa shape index (κ3) is 4.34. The van der Waals surface area contributed by atoms with E-state index in [1.54, 1.807) is 13.3 Å². The monoisotopic (exact) mass is 330 g/mol. The summed E-state index contributed by atoms with van der Waals surface area (Å²) in [5, 5.41) is 7.49. The first-order valence-corrected chi connectivity index (χ1v) is 8.19. The van der Waals surface area contributed by atoms with Gasteiger partial charge < -0.3 is 10.1 Å². The molecule has 0 radical (unpaired) electrons. The molecule has 130 valence electrons. The van der Waals surface area contributed by atoms with E-state index < -0.39 is 0 Å². The number of nitrogens with zero attached hydrogens (tertiary/aromatic N) is 3. The number of aromatic nitrogens is 3. The summed E-state index contributed by atoms with van der Waals surface area (Å²) in [4.78, 5) is 16.4. The molecule has 0 aliphatic rings. The van der Waals surface area contributed by atoms with Crippen molar-refractivity contribution in [3.8, 4) is 5.88 Å². The molecule has 0 aromatic carbocycles. The van der Waals surface area contributed by atoms with Crippen LogP contribution in [0.4, 0.5) is 0 Å². The van der Waals surface area contributed by atoms with E-state index in [0.717, 1.165) is 29.1 Å². The lowest BCUT2D eigenvalue weighted by Gasteiger charge is -2.09. The van der Waals surface area contributed by atoms with Gasteiger partial charge in [0, 0.05) is 36.1 Å². The Morgan fingerprint density at radius 3 is 2.79 bits per heavy atom. The average molecular weight is 330 g/mol. The third-order valence-corrected chi connectivity index (χ3v) is 3.93. The molecule has 0 fully saturated rings. The van der Waals surface area contributed by atoms with Crippen molar-refractivity contribution in [1.82, 2.24) is 20.1 Å². The molecule has 2 aromatic heterocycles. The van der Waals surface area contributed by atoms with Crippen LogP contribution in [0.2, 0.25) is 0 Å². The third-order valence-electron chi connectivity index (χ3n) is 3.93. The molecule has 0 bridgehead atoms. The lowest BCUT2D eigenvalue weighted by Crippen LogP contribution is -2.25. The van der Waals surface area contributed by atoms with Crippen molar-refractivity contribution in [1.29, 1.82) is 0 Å². The van der Waals surface area contributed by atoms with Crippen LogP contribution in [0.25, 0.3) is 0 Å². The zero-order valence-corrected chi connectivity index (χ0v) is 15.1. The molecule has 6 heteroatoms. The average Bonchev–Trinajstić information content (AvgIpc) is 2.80. The van der Waals surface area contributed by atoms with E-state index in [-0.39, 0.29) is 5.91 Å². The molecule has 24 heavy (non-hydrogen) atoms. The molecule has 2 rings (SSSR count). The number of carbonyl (C=O) groups excluding carboxylic acids is 1. The summed E-state index contributed by atoms with van der Waals surface area (Å²) in [7, 11) is 1.57. The van der Waals surface area contributed by atoms with Gasteiger partial charge in [0.15, 0.2) is 0 Å². The van der Waals surface area contributed by atoms with Gasteiger partial charge in [0.1, 0.15) is 0 Å². The highest BCUT2D eigenvalue weighted by molar-refractivity contribution is 5.79. The molecule has 0 aliphatic heterocycles. The largest absolute Gasteiger partial charge is 0.481 e. The number of hydrogen-bond acceptors (Lipinski definition) is 4. The van der Waals surface area contributed by atoms with Crippen LogP contribution in [-0.4, -0.2) is 27.8 Å². The van der Waals surface area contributed by atoms with Gasteiger partial charge in [-0.25, -0.2) is 4.98 Å². The van der Waals surface area contributed by atoms with Gasteiger partial charge in [-0.2, -0.15) is 5.10 Å². The minimum atomic E-state index is -0.0313. The van der Waals surface area contributed by atoms with Gasteiger partial charge in [-0.05, 0) is 25.8 Å². The summed E-state index contributed by atoms with van der Waals surface area (Å²) < 4.78 is 7.19. The molecule has 1 amide bonds. The van der Waals surface area contributed by atoms with Crippen molar-refractivity contribution >= 4 is 5.91 Å². The second-order valence-electron chi connectivity index (χ2n) is 6.35. The molecule has 2 aromatic rings. The number of amides is 1. The summed E-state index contributed by atoms with van der Waals surface area (Å²) in [6.07, 6.45) is 2.00. The molecule has 6 nitrogen and oxygen atoms in total. The first-order valence-electron chi connectivity index (χ1n) is 8.19. The number of carbonyl (C=O) groups is 1. The first-order chi connectivity index (χ1) is 11.4. The Labute approximate surface area is 143 Å². The van der Waals surface area contributed by atoms with Gasteiger partial charge in [0.05, 0.1) is 19.2 Å². The SMILES string of the molecule is COc1ncccc1CNC(=O)Cc1c(C)nn(CC(C)C)c1C. The molecule has 0 saturated heterocycles. The van der Waals surface area contributed by atoms with Crippen molar-refractivity contribution in [3.63, 3.8) is 0 Å². The zero-order chi connectivity index (χ0) is 17.7. The van der Waals surface area contributed by atoms with Crippen LogP contribution >= 0.6 is 0 Å². The van der Waals surface area contributed by atoms with E-state index in [1.807, 2.05) is 30.7 Å². The smallest absolute Gasteiger partial charge is 0.224 e. The molecule has 0 atom stereocenters. The van der Waals surface area contributed by atoms with E-state index in [2.05, 4.69) is 29.2 Å². The van der Waals surface area contributed by atoms with Crippen molar-refractivity contribution in [3.05, 3.63) is 40.8 Å². The fourth-order valence-electron chi connectivity index (χ4n) is 2.67. The predicted molar refractivity (Wildman–Crippen MR) is 92.9 cm³/mol. The standard InChI is InChI=1S/C18H26N4O2/c1-12(2)11-22-14(4)16(13(3)21-22)9-17(23)20-10-15-7-6-8-19-18(15)24-5/h6-8,12H,9-11H2,1-5H3,(H,20,23). The predicted octanol–water partition coefficient (Wildman–Crippen LogP) is 2.42. The van der Waals surface area contributed by atoms with Crippen LogP contribution in [0, 0.1) is 19.8 Å². The Kier molecular flexibility index (Phi) is 5.95. The Morgan fingerprint density at radius 2 is 2.12 bits per heavy atom. The van der Waals surface area contributed by atoms with Gasteiger partial charge in [-0.3, -0.25) is 9.48 Å². The number of hydrogen-bond donors (Lipinski definition) is 1. The van der Waals surface area contributed by atoms with Crippen molar-refractivity contribution in [2.75, 3.05) is 7.11 Å². The lowest BCUT2D eigenvalue weighted by molar-refractivity contribution is -0.120. The molecule has 0 aliphatic carbocycles. The van der Waals surface area contributed by atoms with Crippen molar-refractivity contribution in [2.24, 2.45) is 5.92 Å². The van der Waals surface area contributed by atoms with Crippen LogP contribution in [0.15, 0.2) is 18.3 Å². The number of rotatable bonds is 7. The molecular weight excluding hydrogens is 304 g/mol. The summed E-state index contributed by atoms with van der Waals surface area (Å²) >= 11 is 0. The molecule has 2 heterocycles. The first kappa shape index (κ1) is 18.0. The molecule has 0 saturated carbocycles. The minimum Gasteiger partial charge on any atom is -0.481 e. The number of pyridine rings is 1. The van der Waals surface area contributed by atoms with Gasteiger partial charge in [0.25, 0.3) is 0 Å². The molecule has 1 N–H and O–H groups in total. The number of nitrogens with one attached hydrogen (secondary N) is 1. The van der Waals surface area contributed by atoms with Crippen LogP contribution in [0.3, 0.4) is 0 Å². The van der Waals surface area contributed by atoms with Crippen LogP contribution in [0.1, 0.15) is 36.4 Å². The van der Waals surface area contributed by atoms with E-state index in [4.69, 9.17) is 4.74 Å². The van der Waals surface area contributed by atoms with Crippen molar-refractivity contribution in [2.45, 2.75) is 47.2 Å². The summed E-state index contributed by atoms with van der Waals surface area (Å²) in [6, 6.07) is 3.72. The van der Waals surface area contributed by atoms with Crippen LogP contribution in [-0.2, 0) is 24.3 Å². The highest BCUT2D eigenvalue weighted by atomic mass is 16.5. The van der Waals surface area contributed by atoms with Gasteiger partial charge in [-0.15, -0.1) is 0 Å². The summed E-state index contributed by atoms with van der Waals surface area (Å²) in [5.41, 5.74) is 3.85.